The summed E-state index contributed by atoms with van der Waals surface area (Å²) in [5.41, 5.74) is 1.68. The predicted molar refractivity (Wildman–Crippen MR) is 123 cm³/mol. The van der Waals surface area contributed by atoms with Crippen LogP contribution in [-0.4, -0.2) is 66.5 Å². The molecule has 0 spiro atoms. The second-order valence-corrected chi connectivity index (χ2v) is 12.1. The molecule has 2 heterocycles. The molecule has 1 atom stereocenters. The Balaban J connectivity index is 1.21. The molecule has 10 heteroatoms. The Labute approximate surface area is 191 Å². The fraction of sp³-hybridized carbons (Fsp3) is 0.524. The van der Waals surface area contributed by atoms with Gasteiger partial charge in [-0.3, -0.25) is 9.69 Å². The third-order valence-corrected chi connectivity index (χ3v) is 9.44. The van der Waals surface area contributed by atoms with Crippen molar-refractivity contribution in [3.05, 3.63) is 34.7 Å². The van der Waals surface area contributed by atoms with Gasteiger partial charge in [0.1, 0.15) is 0 Å². The first-order valence-electron chi connectivity index (χ1n) is 10.5. The smallest absolute Gasteiger partial charge is 0.229 e. The Bertz CT molecular complexity index is 1110. The van der Waals surface area contributed by atoms with Crippen LogP contribution in [-0.2, 0) is 14.8 Å². The highest BCUT2D eigenvalue weighted by atomic mass is 35.5. The van der Waals surface area contributed by atoms with E-state index in [1.165, 1.54) is 17.6 Å². The molecule has 1 N–H and O–H groups in total. The molecule has 4 fully saturated rings. The van der Waals surface area contributed by atoms with Crippen LogP contribution < -0.4 is 5.32 Å². The topological polar surface area (TPSA) is 82.6 Å². The van der Waals surface area contributed by atoms with E-state index in [1.54, 1.807) is 4.31 Å². The maximum absolute atomic E-state index is 13.0. The summed E-state index contributed by atoms with van der Waals surface area (Å²) in [5.74, 6) is 0.427. The van der Waals surface area contributed by atoms with Crippen LogP contribution in [0.5, 0.6) is 0 Å². The number of carbonyl (C=O) groups excluding carboxylic acids is 1. The Kier molecular flexibility index (Phi) is 5.37. The van der Waals surface area contributed by atoms with Crippen LogP contribution in [0.1, 0.15) is 19.3 Å². The highest BCUT2D eigenvalue weighted by molar-refractivity contribution is 7.88. The number of carbonyl (C=O) groups is 1. The van der Waals surface area contributed by atoms with E-state index in [2.05, 4.69) is 15.2 Å². The van der Waals surface area contributed by atoms with E-state index in [1.807, 2.05) is 29.6 Å². The molecular weight excluding hydrogens is 456 g/mol. The molecule has 1 aliphatic heterocycles. The molecule has 3 aliphatic carbocycles. The number of piperazine rings is 1. The minimum atomic E-state index is -3.13. The number of benzene rings is 1. The van der Waals surface area contributed by atoms with Gasteiger partial charge in [0, 0.05) is 53.6 Å². The van der Waals surface area contributed by atoms with Gasteiger partial charge >= 0.3 is 0 Å². The highest BCUT2D eigenvalue weighted by Crippen LogP contribution is 2.59. The van der Waals surface area contributed by atoms with Crippen molar-refractivity contribution in [3.63, 3.8) is 0 Å². The molecule has 4 aliphatic rings. The largest absolute Gasteiger partial charge is 0.302 e. The SMILES string of the molecule is CS(=O)(=O)N1CCN(C23CC(C2)[C@@H](C(=O)Nc2nc(-c4ccccc4Cl)cs2)C3)CC1. The van der Waals surface area contributed by atoms with Crippen LogP contribution in [0, 0.1) is 11.8 Å². The van der Waals surface area contributed by atoms with Crippen LogP contribution >= 0.6 is 22.9 Å². The average Bonchev–Trinajstić information content (AvgIpc) is 3.41. The van der Waals surface area contributed by atoms with Gasteiger partial charge in [-0.05, 0) is 31.2 Å². The van der Waals surface area contributed by atoms with Crippen LogP contribution in [0.2, 0.25) is 5.02 Å². The fourth-order valence-corrected chi connectivity index (χ4v) is 7.23. The zero-order chi connectivity index (χ0) is 21.8. The molecule has 2 bridgehead atoms. The summed E-state index contributed by atoms with van der Waals surface area (Å²) in [5, 5.41) is 6.16. The second-order valence-electron chi connectivity index (χ2n) is 8.86. The van der Waals surface area contributed by atoms with Crippen molar-refractivity contribution in [2.45, 2.75) is 24.8 Å². The van der Waals surface area contributed by atoms with Crippen molar-refractivity contribution >= 4 is 44.0 Å². The molecule has 1 saturated heterocycles. The number of sulfonamides is 1. The summed E-state index contributed by atoms with van der Waals surface area (Å²) in [4.78, 5) is 20.0. The number of thiazole rings is 1. The van der Waals surface area contributed by atoms with E-state index < -0.39 is 10.0 Å². The standard InChI is InChI=1S/C21H25ClN4O3S2/c1-31(28,29)26-8-6-25(7-9-26)21-10-14(11-21)16(12-21)19(27)24-20-23-18(13-30-20)15-4-2-3-5-17(15)22/h2-5,13-14,16H,6-12H2,1H3,(H,23,24,27)/t14?,16-,21?/m0/s1. The van der Waals surface area contributed by atoms with Crippen molar-refractivity contribution < 1.29 is 13.2 Å². The number of rotatable bonds is 5. The number of nitrogens with one attached hydrogen (secondary N) is 1. The summed E-state index contributed by atoms with van der Waals surface area (Å²) in [6.45, 7) is 2.54. The van der Waals surface area contributed by atoms with Crippen molar-refractivity contribution in [1.29, 1.82) is 0 Å². The number of anilines is 1. The zero-order valence-corrected chi connectivity index (χ0v) is 19.6. The summed E-state index contributed by atoms with van der Waals surface area (Å²) >= 11 is 7.67. The molecule has 166 valence electrons. The average molecular weight is 481 g/mol. The highest BCUT2D eigenvalue weighted by Gasteiger charge is 2.60. The van der Waals surface area contributed by atoms with Crippen LogP contribution in [0.25, 0.3) is 11.3 Å². The minimum absolute atomic E-state index is 0.0133. The van der Waals surface area contributed by atoms with Gasteiger partial charge in [0.15, 0.2) is 5.13 Å². The monoisotopic (exact) mass is 480 g/mol. The van der Waals surface area contributed by atoms with E-state index in [9.17, 15) is 13.2 Å². The molecule has 7 nitrogen and oxygen atoms in total. The second kappa shape index (κ2) is 7.81. The first kappa shape index (κ1) is 21.3. The van der Waals surface area contributed by atoms with Gasteiger partial charge in [0.05, 0.1) is 11.9 Å². The van der Waals surface area contributed by atoms with E-state index >= 15 is 0 Å². The van der Waals surface area contributed by atoms with Crippen LogP contribution in [0.4, 0.5) is 5.13 Å². The Morgan fingerprint density at radius 2 is 1.90 bits per heavy atom. The zero-order valence-electron chi connectivity index (χ0n) is 17.3. The summed E-state index contributed by atoms with van der Waals surface area (Å²) in [6, 6.07) is 7.54. The lowest BCUT2D eigenvalue weighted by molar-refractivity contribution is -0.120. The van der Waals surface area contributed by atoms with Crippen molar-refractivity contribution in [2.24, 2.45) is 11.8 Å². The molecule has 1 amide bonds. The number of hydrogen-bond acceptors (Lipinski definition) is 6. The summed E-state index contributed by atoms with van der Waals surface area (Å²) in [6.07, 6.45) is 4.15. The number of nitrogens with zero attached hydrogens (tertiary/aromatic N) is 3. The number of aromatic nitrogens is 1. The van der Waals surface area contributed by atoms with Gasteiger partial charge in [-0.15, -0.1) is 11.3 Å². The fourth-order valence-electron chi connectivity index (χ4n) is 5.45. The van der Waals surface area contributed by atoms with E-state index in [0.717, 1.165) is 43.6 Å². The molecule has 6 rings (SSSR count). The van der Waals surface area contributed by atoms with E-state index in [4.69, 9.17) is 11.6 Å². The van der Waals surface area contributed by atoms with Gasteiger partial charge in [0.25, 0.3) is 0 Å². The lowest BCUT2D eigenvalue weighted by Gasteiger charge is -2.50. The maximum atomic E-state index is 13.0. The van der Waals surface area contributed by atoms with Crippen molar-refractivity contribution in [1.82, 2.24) is 14.2 Å². The quantitative estimate of drug-likeness (QED) is 0.710. The normalized spacial score (nSPS) is 29.0. The molecule has 0 radical (unpaired) electrons. The van der Waals surface area contributed by atoms with Crippen LogP contribution in [0.15, 0.2) is 29.6 Å². The Morgan fingerprint density at radius 1 is 1.19 bits per heavy atom. The molecule has 3 saturated carbocycles. The number of hydrogen-bond donors (Lipinski definition) is 1. The van der Waals surface area contributed by atoms with Gasteiger partial charge in [-0.25, -0.2) is 13.4 Å². The Morgan fingerprint density at radius 3 is 2.58 bits per heavy atom. The number of halogens is 1. The third-order valence-electron chi connectivity index (χ3n) is 7.05. The lowest BCUT2D eigenvalue weighted by Crippen LogP contribution is -2.59. The summed E-state index contributed by atoms with van der Waals surface area (Å²) < 4.78 is 25.1. The molecule has 2 aromatic rings. The first-order chi connectivity index (χ1) is 14.7. The molecular formula is C21H25ClN4O3S2. The Hall–Kier alpha value is -1.52. The predicted octanol–water partition coefficient (Wildman–Crippen LogP) is 3.15. The van der Waals surface area contributed by atoms with E-state index in [0.29, 0.717) is 29.2 Å². The molecule has 1 aromatic heterocycles. The van der Waals surface area contributed by atoms with Crippen molar-refractivity contribution in [2.75, 3.05) is 37.8 Å². The van der Waals surface area contributed by atoms with Gasteiger partial charge in [0.2, 0.25) is 15.9 Å². The lowest BCUT2D eigenvalue weighted by atomic mass is 9.74. The van der Waals surface area contributed by atoms with Gasteiger partial charge in [-0.2, -0.15) is 4.31 Å². The van der Waals surface area contributed by atoms with Crippen LogP contribution in [0.3, 0.4) is 0 Å². The molecule has 1 aromatic carbocycles. The maximum Gasteiger partial charge on any atom is 0.229 e. The first-order valence-corrected chi connectivity index (χ1v) is 13.6. The molecule has 0 unspecified atom stereocenters. The number of fused-ring (bicyclic) bond motifs is 1. The molecule has 31 heavy (non-hydrogen) atoms. The van der Waals surface area contributed by atoms with Gasteiger partial charge in [-0.1, -0.05) is 29.8 Å². The van der Waals surface area contributed by atoms with E-state index in [-0.39, 0.29) is 17.4 Å². The minimum Gasteiger partial charge on any atom is -0.302 e. The third kappa shape index (κ3) is 3.91. The number of amides is 1. The van der Waals surface area contributed by atoms with Crippen molar-refractivity contribution in [3.8, 4) is 11.3 Å². The summed E-state index contributed by atoms with van der Waals surface area (Å²) in [7, 11) is -3.13. The van der Waals surface area contributed by atoms with Gasteiger partial charge < -0.3 is 5.32 Å².